The summed E-state index contributed by atoms with van der Waals surface area (Å²) in [6, 6.07) is 2.12. The Bertz CT molecular complexity index is 407. The SMILES string of the molecule is CCc1c(CCNC)cc2c(c1Br)OCCO2. The average molecular weight is 300 g/mol. The first-order chi connectivity index (χ1) is 8.27. The lowest BCUT2D eigenvalue weighted by atomic mass is 10.0. The van der Waals surface area contributed by atoms with Crippen molar-refractivity contribution in [3.8, 4) is 11.5 Å². The van der Waals surface area contributed by atoms with Crippen molar-refractivity contribution in [2.24, 2.45) is 0 Å². The van der Waals surface area contributed by atoms with Crippen molar-refractivity contribution >= 4 is 15.9 Å². The topological polar surface area (TPSA) is 30.5 Å². The number of ether oxygens (including phenoxy) is 2. The number of hydrogen-bond acceptors (Lipinski definition) is 3. The monoisotopic (exact) mass is 299 g/mol. The largest absolute Gasteiger partial charge is 0.486 e. The Morgan fingerprint density at radius 1 is 1.35 bits per heavy atom. The van der Waals surface area contributed by atoms with Crippen LogP contribution in [0.2, 0.25) is 0 Å². The van der Waals surface area contributed by atoms with E-state index in [2.05, 4.69) is 34.2 Å². The van der Waals surface area contributed by atoms with Gasteiger partial charge in [0.2, 0.25) is 0 Å². The summed E-state index contributed by atoms with van der Waals surface area (Å²) in [7, 11) is 1.97. The molecule has 0 spiro atoms. The van der Waals surface area contributed by atoms with Gasteiger partial charge in [0, 0.05) is 0 Å². The molecule has 0 saturated heterocycles. The van der Waals surface area contributed by atoms with Crippen LogP contribution < -0.4 is 14.8 Å². The summed E-state index contributed by atoms with van der Waals surface area (Å²) in [4.78, 5) is 0. The molecule has 0 saturated carbocycles. The maximum Gasteiger partial charge on any atom is 0.175 e. The van der Waals surface area contributed by atoms with E-state index in [1.807, 2.05) is 7.05 Å². The molecule has 1 aromatic rings. The lowest BCUT2D eigenvalue weighted by molar-refractivity contribution is 0.170. The molecule has 0 amide bonds. The highest BCUT2D eigenvalue weighted by molar-refractivity contribution is 9.10. The van der Waals surface area contributed by atoms with Crippen LogP contribution in [0.3, 0.4) is 0 Å². The zero-order valence-corrected chi connectivity index (χ0v) is 11.9. The normalized spacial score (nSPS) is 13.8. The minimum atomic E-state index is 0.630. The van der Waals surface area contributed by atoms with Crippen LogP contribution in [0.1, 0.15) is 18.1 Å². The predicted molar refractivity (Wildman–Crippen MR) is 72.1 cm³/mol. The van der Waals surface area contributed by atoms with Crippen LogP contribution in [0.4, 0.5) is 0 Å². The minimum Gasteiger partial charge on any atom is -0.486 e. The number of halogens is 1. The quantitative estimate of drug-likeness (QED) is 0.927. The molecule has 2 rings (SSSR count). The third kappa shape index (κ3) is 2.58. The Morgan fingerprint density at radius 3 is 2.82 bits per heavy atom. The summed E-state index contributed by atoms with van der Waals surface area (Å²) in [5.41, 5.74) is 2.66. The second kappa shape index (κ2) is 5.74. The fourth-order valence-electron chi connectivity index (χ4n) is 2.10. The minimum absolute atomic E-state index is 0.630. The number of likely N-dealkylation sites (N-methyl/N-ethyl adjacent to an activating group) is 1. The molecule has 94 valence electrons. The first kappa shape index (κ1) is 12.7. The lowest BCUT2D eigenvalue weighted by Gasteiger charge is -2.23. The van der Waals surface area contributed by atoms with Gasteiger partial charge in [-0.1, -0.05) is 6.92 Å². The van der Waals surface area contributed by atoms with E-state index in [4.69, 9.17) is 9.47 Å². The van der Waals surface area contributed by atoms with Gasteiger partial charge in [0.05, 0.1) is 4.47 Å². The van der Waals surface area contributed by atoms with E-state index in [0.717, 1.165) is 35.4 Å². The zero-order valence-electron chi connectivity index (χ0n) is 10.3. The molecule has 0 fully saturated rings. The fraction of sp³-hybridized carbons (Fsp3) is 0.538. The van der Waals surface area contributed by atoms with Gasteiger partial charge < -0.3 is 14.8 Å². The van der Waals surface area contributed by atoms with Crippen molar-refractivity contribution in [2.45, 2.75) is 19.8 Å². The maximum atomic E-state index is 5.67. The van der Waals surface area contributed by atoms with Crippen molar-refractivity contribution in [2.75, 3.05) is 26.8 Å². The third-order valence-corrected chi connectivity index (χ3v) is 3.80. The summed E-state index contributed by atoms with van der Waals surface area (Å²) < 4.78 is 12.4. The van der Waals surface area contributed by atoms with Crippen molar-refractivity contribution in [3.05, 3.63) is 21.7 Å². The van der Waals surface area contributed by atoms with Gasteiger partial charge in [-0.2, -0.15) is 0 Å². The summed E-state index contributed by atoms with van der Waals surface area (Å²) in [6.45, 7) is 4.40. The van der Waals surface area contributed by atoms with E-state index >= 15 is 0 Å². The van der Waals surface area contributed by atoms with Gasteiger partial charge in [0.1, 0.15) is 13.2 Å². The Hall–Kier alpha value is -0.740. The Morgan fingerprint density at radius 2 is 2.12 bits per heavy atom. The van der Waals surface area contributed by atoms with E-state index < -0.39 is 0 Å². The van der Waals surface area contributed by atoms with Gasteiger partial charge in [0.25, 0.3) is 0 Å². The molecular formula is C13H18BrNO2. The zero-order chi connectivity index (χ0) is 12.3. The van der Waals surface area contributed by atoms with Crippen LogP contribution in [0.5, 0.6) is 11.5 Å². The average Bonchev–Trinajstić information content (AvgIpc) is 2.36. The van der Waals surface area contributed by atoms with E-state index in [1.54, 1.807) is 0 Å². The van der Waals surface area contributed by atoms with Crippen LogP contribution in [-0.4, -0.2) is 26.8 Å². The Labute approximate surface area is 111 Å². The fourth-order valence-corrected chi connectivity index (χ4v) is 2.94. The van der Waals surface area contributed by atoms with Crippen LogP contribution in [0, 0.1) is 0 Å². The molecule has 1 N–H and O–H groups in total. The van der Waals surface area contributed by atoms with Gasteiger partial charge in [-0.15, -0.1) is 0 Å². The molecule has 0 atom stereocenters. The highest BCUT2D eigenvalue weighted by atomic mass is 79.9. The molecule has 1 aliphatic heterocycles. The smallest absolute Gasteiger partial charge is 0.175 e. The molecular weight excluding hydrogens is 282 g/mol. The number of nitrogens with one attached hydrogen (secondary N) is 1. The number of hydrogen-bond donors (Lipinski definition) is 1. The van der Waals surface area contributed by atoms with Crippen LogP contribution in [0.15, 0.2) is 10.5 Å². The highest BCUT2D eigenvalue weighted by Gasteiger charge is 2.20. The van der Waals surface area contributed by atoms with E-state index in [-0.39, 0.29) is 0 Å². The molecule has 0 radical (unpaired) electrons. The summed E-state index contributed by atoms with van der Waals surface area (Å²) in [5.74, 6) is 1.73. The summed E-state index contributed by atoms with van der Waals surface area (Å²) >= 11 is 3.64. The maximum absolute atomic E-state index is 5.67. The molecule has 3 nitrogen and oxygen atoms in total. The number of rotatable bonds is 4. The van der Waals surface area contributed by atoms with E-state index in [1.165, 1.54) is 11.1 Å². The summed E-state index contributed by atoms with van der Waals surface area (Å²) in [5, 5.41) is 3.18. The van der Waals surface area contributed by atoms with Gasteiger partial charge in [-0.25, -0.2) is 0 Å². The van der Waals surface area contributed by atoms with Gasteiger partial charge in [-0.3, -0.25) is 0 Å². The van der Waals surface area contributed by atoms with Gasteiger partial charge in [0.15, 0.2) is 11.5 Å². The lowest BCUT2D eigenvalue weighted by Crippen LogP contribution is -2.18. The predicted octanol–water partition coefficient (Wildman–Crippen LogP) is 2.54. The van der Waals surface area contributed by atoms with E-state index in [0.29, 0.717) is 13.2 Å². The van der Waals surface area contributed by atoms with Crippen molar-refractivity contribution < 1.29 is 9.47 Å². The van der Waals surface area contributed by atoms with E-state index in [9.17, 15) is 0 Å². The van der Waals surface area contributed by atoms with Crippen molar-refractivity contribution in [1.82, 2.24) is 5.32 Å². The Kier molecular flexibility index (Phi) is 4.29. The summed E-state index contributed by atoms with van der Waals surface area (Å²) in [6.07, 6.45) is 2.01. The molecule has 0 bridgehead atoms. The number of benzene rings is 1. The van der Waals surface area contributed by atoms with Crippen LogP contribution in [-0.2, 0) is 12.8 Å². The van der Waals surface area contributed by atoms with Gasteiger partial charge in [-0.05, 0) is 59.6 Å². The van der Waals surface area contributed by atoms with Gasteiger partial charge >= 0.3 is 0 Å². The second-order valence-corrected chi connectivity index (χ2v) is 4.85. The Balaban J connectivity index is 2.40. The molecule has 17 heavy (non-hydrogen) atoms. The van der Waals surface area contributed by atoms with Crippen molar-refractivity contribution in [1.29, 1.82) is 0 Å². The molecule has 0 aromatic heterocycles. The second-order valence-electron chi connectivity index (χ2n) is 4.06. The third-order valence-electron chi connectivity index (χ3n) is 2.97. The molecule has 1 aliphatic rings. The standard InChI is InChI=1S/C13H18BrNO2/c1-3-10-9(4-5-15-2)8-11-13(12(10)14)17-7-6-16-11/h8,15H,3-7H2,1-2H3. The molecule has 1 aromatic carbocycles. The van der Waals surface area contributed by atoms with Crippen LogP contribution in [0.25, 0.3) is 0 Å². The molecule has 4 heteroatoms. The highest BCUT2D eigenvalue weighted by Crippen LogP contribution is 2.41. The first-order valence-corrected chi connectivity index (χ1v) is 6.81. The van der Waals surface area contributed by atoms with Crippen LogP contribution >= 0.6 is 15.9 Å². The number of fused-ring (bicyclic) bond motifs is 1. The molecule has 0 unspecified atom stereocenters. The van der Waals surface area contributed by atoms with Crippen molar-refractivity contribution in [3.63, 3.8) is 0 Å². The molecule has 1 heterocycles. The molecule has 0 aliphatic carbocycles. The first-order valence-electron chi connectivity index (χ1n) is 6.02.